The molecule has 1 aliphatic rings. The van der Waals surface area contributed by atoms with Gasteiger partial charge < -0.3 is 0 Å². The summed E-state index contributed by atoms with van der Waals surface area (Å²) in [5.74, 6) is 0.677. The first-order valence-electron chi connectivity index (χ1n) is 11.3. The van der Waals surface area contributed by atoms with Crippen LogP contribution in [0, 0.1) is 0 Å². The molecule has 0 aliphatic heterocycles. The van der Waals surface area contributed by atoms with Crippen LogP contribution in [0.5, 0.6) is 0 Å². The van der Waals surface area contributed by atoms with Crippen molar-refractivity contribution in [3.05, 3.63) is 112 Å². The molecule has 0 radical (unpaired) electrons. The highest BCUT2D eigenvalue weighted by atomic mass is 35.5. The molecule has 1 aromatic heterocycles. The van der Waals surface area contributed by atoms with Crippen LogP contribution in [-0.4, -0.2) is 27.6 Å². The van der Waals surface area contributed by atoms with E-state index in [4.69, 9.17) is 16.6 Å². The summed E-state index contributed by atoms with van der Waals surface area (Å²) in [7, 11) is 0. The van der Waals surface area contributed by atoms with Crippen molar-refractivity contribution in [1.82, 2.24) is 14.9 Å². The second kappa shape index (κ2) is 11.2. The van der Waals surface area contributed by atoms with Crippen LogP contribution in [0.4, 0.5) is 0 Å². The number of hydrogen-bond donors (Lipinski definition) is 0. The summed E-state index contributed by atoms with van der Waals surface area (Å²) in [6, 6.07) is 21.7. The van der Waals surface area contributed by atoms with E-state index < -0.39 is 0 Å². The Bertz CT molecular complexity index is 1100. The summed E-state index contributed by atoms with van der Waals surface area (Å²) >= 11 is 6.70. The summed E-state index contributed by atoms with van der Waals surface area (Å²) in [4.78, 5) is 15.8. The van der Waals surface area contributed by atoms with Gasteiger partial charge in [-0.05, 0) is 55.7 Å². The largest absolute Gasteiger partial charge is 0.292 e. The van der Waals surface area contributed by atoms with E-state index in [1.54, 1.807) is 6.20 Å². The molecule has 1 atom stereocenters. The van der Waals surface area contributed by atoms with Gasteiger partial charge in [0.05, 0.1) is 0 Å². The van der Waals surface area contributed by atoms with Gasteiger partial charge in [0.1, 0.15) is 5.15 Å². The smallest absolute Gasteiger partial charge is 0.156 e. The molecule has 0 N–H and O–H groups in total. The van der Waals surface area contributed by atoms with E-state index >= 15 is 0 Å². The average Bonchev–Trinajstić information content (AvgIpc) is 2.85. The Morgan fingerprint density at radius 1 is 1.06 bits per heavy atom. The van der Waals surface area contributed by atoms with Crippen LogP contribution in [0.25, 0.3) is 5.57 Å². The molecular formula is C28H29ClN4. The van der Waals surface area contributed by atoms with E-state index in [-0.39, 0.29) is 0 Å². The predicted molar refractivity (Wildman–Crippen MR) is 137 cm³/mol. The van der Waals surface area contributed by atoms with Gasteiger partial charge in [0.15, 0.2) is 5.82 Å². The van der Waals surface area contributed by atoms with Crippen molar-refractivity contribution in [2.45, 2.75) is 45.3 Å². The summed E-state index contributed by atoms with van der Waals surface area (Å²) in [6.45, 7) is 7.24. The summed E-state index contributed by atoms with van der Waals surface area (Å²) < 4.78 is 0. The van der Waals surface area contributed by atoms with Crippen molar-refractivity contribution in [3.8, 4) is 0 Å². The van der Waals surface area contributed by atoms with Crippen LogP contribution in [0.15, 0.2) is 84.0 Å². The first-order valence-corrected chi connectivity index (χ1v) is 11.7. The van der Waals surface area contributed by atoms with Crippen LogP contribution >= 0.6 is 11.6 Å². The fraction of sp³-hybridized carbons (Fsp3) is 0.250. The average molecular weight is 457 g/mol. The lowest BCUT2D eigenvalue weighted by atomic mass is 9.90. The van der Waals surface area contributed by atoms with Gasteiger partial charge in [-0.1, -0.05) is 78.3 Å². The van der Waals surface area contributed by atoms with Crippen molar-refractivity contribution in [3.63, 3.8) is 0 Å². The van der Waals surface area contributed by atoms with E-state index in [9.17, 15) is 0 Å². The molecule has 1 aliphatic carbocycles. The minimum Gasteiger partial charge on any atom is -0.292 e. The molecule has 0 fully saturated rings. The van der Waals surface area contributed by atoms with Crippen molar-refractivity contribution in [1.29, 1.82) is 0 Å². The standard InChI is InChI=1S/C28H29ClN4/c1-21(10-9-17-30-2)28-31-26-16-15-24(18-25(26)27(29)32-28)33(19-22-11-5-3-6-12-22)20-23-13-7-4-8-14-23/h3-14,17,24H,2,15-16,18-20H2,1H3/b17-9-,21-10+. The zero-order valence-electron chi connectivity index (χ0n) is 19.0. The Labute approximate surface area is 201 Å². The lowest BCUT2D eigenvalue weighted by molar-refractivity contribution is 0.161. The first kappa shape index (κ1) is 23.1. The Hall–Kier alpha value is -3.08. The Kier molecular flexibility index (Phi) is 7.82. The number of hydrogen-bond acceptors (Lipinski definition) is 4. The number of benzene rings is 2. The van der Waals surface area contributed by atoms with Crippen LogP contribution in [0.1, 0.15) is 41.6 Å². The van der Waals surface area contributed by atoms with E-state index in [2.05, 4.69) is 82.3 Å². The van der Waals surface area contributed by atoms with E-state index in [0.717, 1.165) is 49.2 Å². The van der Waals surface area contributed by atoms with Gasteiger partial charge in [-0.15, -0.1) is 0 Å². The fourth-order valence-electron chi connectivity index (χ4n) is 4.31. The maximum absolute atomic E-state index is 6.70. The molecule has 2 aromatic carbocycles. The number of allylic oxidation sites excluding steroid dienone is 3. The normalized spacial score (nSPS) is 16.2. The zero-order valence-corrected chi connectivity index (χ0v) is 19.7. The molecule has 1 heterocycles. The molecule has 3 aromatic rings. The third kappa shape index (κ3) is 6.04. The number of aliphatic imine (C=N–C) groups is 1. The third-order valence-electron chi connectivity index (χ3n) is 6.06. The van der Waals surface area contributed by atoms with Crippen molar-refractivity contribution < 1.29 is 0 Å². The van der Waals surface area contributed by atoms with Gasteiger partial charge in [0.2, 0.25) is 0 Å². The summed E-state index contributed by atoms with van der Waals surface area (Å²) in [5.41, 5.74) is 5.74. The molecule has 0 spiro atoms. The quantitative estimate of drug-likeness (QED) is 0.226. The molecule has 4 rings (SSSR count). The summed E-state index contributed by atoms with van der Waals surface area (Å²) in [5, 5.41) is 0.567. The number of nitrogens with zero attached hydrogens (tertiary/aromatic N) is 4. The highest BCUT2D eigenvalue weighted by molar-refractivity contribution is 6.30. The van der Waals surface area contributed by atoms with Crippen LogP contribution in [0.2, 0.25) is 5.15 Å². The van der Waals surface area contributed by atoms with Gasteiger partial charge in [-0.2, -0.15) is 0 Å². The highest BCUT2D eigenvalue weighted by Gasteiger charge is 2.28. The van der Waals surface area contributed by atoms with E-state index in [1.165, 1.54) is 11.1 Å². The van der Waals surface area contributed by atoms with Gasteiger partial charge in [-0.25, -0.2) is 9.97 Å². The lowest BCUT2D eigenvalue weighted by Crippen LogP contribution is -2.39. The number of aromatic nitrogens is 2. The molecule has 0 saturated carbocycles. The Balaban J connectivity index is 1.58. The highest BCUT2D eigenvalue weighted by Crippen LogP contribution is 2.30. The second-order valence-electron chi connectivity index (χ2n) is 8.41. The molecular weight excluding hydrogens is 428 g/mol. The molecule has 168 valence electrons. The lowest BCUT2D eigenvalue weighted by Gasteiger charge is -2.35. The maximum Gasteiger partial charge on any atom is 0.156 e. The molecule has 0 amide bonds. The maximum atomic E-state index is 6.70. The van der Waals surface area contributed by atoms with Crippen LogP contribution < -0.4 is 0 Å². The fourth-order valence-corrected chi connectivity index (χ4v) is 4.58. The number of rotatable bonds is 8. The van der Waals surface area contributed by atoms with Crippen molar-refractivity contribution >= 4 is 23.9 Å². The van der Waals surface area contributed by atoms with Crippen molar-refractivity contribution in [2.75, 3.05) is 0 Å². The van der Waals surface area contributed by atoms with Gasteiger partial charge in [0, 0.05) is 36.6 Å². The van der Waals surface area contributed by atoms with Crippen molar-refractivity contribution in [2.24, 2.45) is 4.99 Å². The molecule has 1 unspecified atom stereocenters. The predicted octanol–water partition coefficient (Wildman–Crippen LogP) is 6.31. The second-order valence-corrected chi connectivity index (χ2v) is 8.77. The monoisotopic (exact) mass is 456 g/mol. The van der Waals surface area contributed by atoms with Gasteiger partial charge >= 0.3 is 0 Å². The van der Waals surface area contributed by atoms with E-state index in [1.807, 2.05) is 19.1 Å². The molecule has 0 saturated heterocycles. The number of fused-ring (bicyclic) bond motifs is 1. The van der Waals surface area contributed by atoms with Crippen LogP contribution in [-0.2, 0) is 25.9 Å². The van der Waals surface area contributed by atoms with E-state index in [0.29, 0.717) is 17.0 Å². The minimum atomic E-state index is 0.378. The van der Waals surface area contributed by atoms with Gasteiger partial charge in [0.25, 0.3) is 0 Å². The molecule has 4 nitrogen and oxygen atoms in total. The summed E-state index contributed by atoms with van der Waals surface area (Å²) in [6.07, 6.45) is 8.20. The molecule has 5 heteroatoms. The Morgan fingerprint density at radius 3 is 2.30 bits per heavy atom. The zero-order chi connectivity index (χ0) is 23.0. The number of halogens is 1. The van der Waals surface area contributed by atoms with Gasteiger partial charge in [-0.3, -0.25) is 9.89 Å². The third-order valence-corrected chi connectivity index (χ3v) is 6.37. The topological polar surface area (TPSA) is 41.4 Å². The first-order chi connectivity index (χ1) is 16.1. The Morgan fingerprint density at radius 2 is 1.70 bits per heavy atom. The molecule has 0 bridgehead atoms. The molecule has 33 heavy (non-hydrogen) atoms. The van der Waals surface area contributed by atoms with Crippen LogP contribution in [0.3, 0.4) is 0 Å². The number of aryl methyl sites for hydroxylation is 1. The SMILES string of the molecule is C=N/C=C\C=C(/C)c1nc(Cl)c2c(n1)CCC(N(Cc1ccccc1)Cc1ccccc1)C2. The minimum absolute atomic E-state index is 0.378.